The van der Waals surface area contributed by atoms with Crippen LogP contribution in [-0.4, -0.2) is 34.9 Å². The third kappa shape index (κ3) is 4.07. The summed E-state index contributed by atoms with van der Waals surface area (Å²) < 4.78 is 44.3. The first kappa shape index (κ1) is 18.4. The summed E-state index contributed by atoms with van der Waals surface area (Å²) in [4.78, 5) is 18.0. The van der Waals surface area contributed by atoms with Crippen molar-refractivity contribution >= 4 is 5.91 Å². The predicted molar refractivity (Wildman–Crippen MR) is 89.2 cm³/mol. The van der Waals surface area contributed by atoms with Crippen LogP contribution in [0.1, 0.15) is 30.4 Å². The van der Waals surface area contributed by atoms with E-state index in [0.29, 0.717) is 37.5 Å². The molecule has 1 N–H and O–H groups in total. The molecular weight excluding hydrogens is 347 g/mol. The normalized spacial score (nSPS) is 19.3. The van der Waals surface area contributed by atoms with Crippen molar-refractivity contribution in [2.75, 3.05) is 13.1 Å². The number of carbonyl (C=O) groups is 1. The van der Waals surface area contributed by atoms with Gasteiger partial charge in [0.1, 0.15) is 5.76 Å². The number of amides is 1. The Bertz CT molecular complexity index is 801. The molecule has 2 aromatic rings. The average molecular weight is 367 g/mol. The third-order valence-electron chi connectivity index (χ3n) is 4.53. The van der Waals surface area contributed by atoms with Crippen molar-refractivity contribution in [1.82, 2.24) is 15.2 Å². The quantitative estimate of drug-likeness (QED) is 0.904. The van der Waals surface area contributed by atoms with Crippen LogP contribution in [0.15, 0.2) is 28.7 Å². The molecule has 8 heteroatoms. The van der Waals surface area contributed by atoms with E-state index in [1.807, 2.05) is 6.92 Å². The number of hydrogen-bond acceptors (Lipinski definition) is 4. The van der Waals surface area contributed by atoms with E-state index in [1.165, 1.54) is 6.07 Å². The van der Waals surface area contributed by atoms with Crippen LogP contribution in [0, 0.1) is 6.92 Å². The summed E-state index contributed by atoms with van der Waals surface area (Å²) in [5.41, 5.74) is 0.215. The Hall–Kier alpha value is -2.35. The van der Waals surface area contributed by atoms with Crippen LogP contribution in [0.2, 0.25) is 0 Å². The molecule has 0 unspecified atom stereocenters. The van der Waals surface area contributed by atoms with Crippen LogP contribution in [0.25, 0.3) is 11.5 Å². The van der Waals surface area contributed by atoms with Gasteiger partial charge in [0.05, 0.1) is 11.3 Å². The number of oxazole rings is 1. The van der Waals surface area contributed by atoms with Crippen molar-refractivity contribution < 1.29 is 22.4 Å². The zero-order chi connectivity index (χ0) is 18.9. The highest BCUT2D eigenvalue weighted by Crippen LogP contribution is 2.32. The van der Waals surface area contributed by atoms with E-state index < -0.39 is 11.7 Å². The van der Waals surface area contributed by atoms with Crippen LogP contribution in [-0.2, 0) is 17.5 Å². The molecule has 2 heterocycles. The molecule has 140 valence electrons. The van der Waals surface area contributed by atoms with Gasteiger partial charge in [0.25, 0.3) is 0 Å². The highest BCUT2D eigenvalue weighted by molar-refractivity contribution is 5.76. The van der Waals surface area contributed by atoms with Crippen molar-refractivity contribution in [3.8, 4) is 11.5 Å². The Morgan fingerprint density at radius 3 is 2.88 bits per heavy atom. The molecule has 1 atom stereocenters. The number of aromatic nitrogens is 1. The van der Waals surface area contributed by atoms with Gasteiger partial charge in [-0.25, -0.2) is 4.98 Å². The van der Waals surface area contributed by atoms with Gasteiger partial charge in [-0.15, -0.1) is 0 Å². The fourth-order valence-electron chi connectivity index (χ4n) is 2.90. The first-order chi connectivity index (χ1) is 12.2. The summed E-state index contributed by atoms with van der Waals surface area (Å²) >= 11 is 0. The van der Waals surface area contributed by atoms with Crippen molar-refractivity contribution in [1.29, 1.82) is 0 Å². The molecule has 1 aliphatic heterocycles. The summed E-state index contributed by atoms with van der Waals surface area (Å²) in [5, 5.41) is 2.85. The summed E-state index contributed by atoms with van der Waals surface area (Å²) in [6, 6.07) is 5.07. The van der Waals surface area contributed by atoms with Crippen molar-refractivity contribution in [3.05, 3.63) is 41.3 Å². The van der Waals surface area contributed by atoms with E-state index in [4.69, 9.17) is 4.42 Å². The Kier molecular flexibility index (Phi) is 5.04. The summed E-state index contributed by atoms with van der Waals surface area (Å²) in [7, 11) is 0. The summed E-state index contributed by atoms with van der Waals surface area (Å²) in [6.07, 6.45) is -4.01. The molecule has 0 radical (unpaired) electrons. The van der Waals surface area contributed by atoms with E-state index in [0.717, 1.165) is 12.1 Å². The molecule has 1 aliphatic rings. The fourth-order valence-corrected chi connectivity index (χ4v) is 2.90. The van der Waals surface area contributed by atoms with Crippen LogP contribution < -0.4 is 5.32 Å². The molecule has 0 saturated carbocycles. The predicted octanol–water partition coefficient (Wildman–Crippen LogP) is 3.38. The van der Waals surface area contributed by atoms with Crippen LogP contribution in [0.4, 0.5) is 13.2 Å². The highest BCUT2D eigenvalue weighted by atomic mass is 19.4. The molecule has 1 amide bonds. The molecule has 0 spiro atoms. The van der Waals surface area contributed by atoms with E-state index in [9.17, 15) is 18.0 Å². The van der Waals surface area contributed by atoms with Crippen molar-refractivity contribution in [2.24, 2.45) is 0 Å². The zero-order valence-electron chi connectivity index (χ0n) is 14.6. The molecule has 3 rings (SSSR count). The van der Waals surface area contributed by atoms with E-state index in [-0.39, 0.29) is 23.4 Å². The van der Waals surface area contributed by atoms with Gasteiger partial charge in [-0.3, -0.25) is 9.69 Å². The zero-order valence-corrected chi connectivity index (χ0v) is 14.6. The van der Waals surface area contributed by atoms with Gasteiger partial charge in [0, 0.05) is 37.7 Å². The lowest BCUT2D eigenvalue weighted by Gasteiger charge is -2.25. The number of nitrogens with one attached hydrogen (secondary N) is 1. The van der Waals surface area contributed by atoms with Crippen molar-refractivity contribution in [3.63, 3.8) is 0 Å². The van der Waals surface area contributed by atoms with Crippen LogP contribution >= 0.6 is 0 Å². The maximum Gasteiger partial charge on any atom is 0.416 e. The molecule has 1 saturated heterocycles. The molecule has 1 aromatic heterocycles. The second-order valence-electron chi connectivity index (χ2n) is 6.47. The summed E-state index contributed by atoms with van der Waals surface area (Å²) in [5.74, 6) is 0.745. The van der Waals surface area contributed by atoms with Gasteiger partial charge in [0.2, 0.25) is 11.8 Å². The maximum atomic E-state index is 12.9. The molecular formula is C18H20F3N3O2. The Morgan fingerprint density at radius 1 is 1.38 bits per heavy atom. The molecule has 5 nitrogen and oxygen atoms in total. The molecule has 0 bridgehead atoms. The standard InChI is InChI=1S/C18H20F3N3O2/c1-11-9-22-16(25)6-7-24(11)10-15-12(2)26-17(23-15)13-4-3-5-14(8-13)18(19,20)21/h3-5,8,11H,6-7,9-10H2,1-2H3,(H,22,25)/t11-/m1/s1. The first-order valence-corrected chi connectivity index (χ1v) is 8.38. The van der Waals surface area contributed by atoms with Gasteiger partial charge in [-0.05, 0) is 32.0 Å². The number of aryl methyl sites for hydroxylation is 1. The number of halogens is 3. The van der Waals surface area contributed by atoms with Gasteiger partial charge in [-0.1, -0.05) is 6.07 Å². The van der Waals surface area contributed by atoms with Gasteiger partial charge >= 0.3 is 6.18 Å². The minimum atomic E-state index is -4.42. The van der Waals surface area contributed by atoms with Crippen molar-refractivity contribution in [2.45, 2.75) is 39.0 Å². The summed E-state index contributed by atoms with van der Waals surface area (Å²) in [6.45, 7) is 5.37. The largest absolute Gasteiger partial charge is 0.441 e. The maximum absolute atomic E-state index is 12.9. The number of rotatable bonds is 3. The second kappa shape index (κ2) is 7.11. The van der Waals surface area contributed by atoms with Crippen LogP contribution in [0.5, 0.6) is 0 Å². The Balaban J connectivity index is 1.82. The highest BCUT2D eigenvalue weighted by Gasteiger charge is 2.31. The molecule has 0 aliphatic carbocycles. The lowest BCUT2D eigenvalue weighted by molar-refractivity contribution is -0.137. The van der Waals surface area contributed by atoms with E-state index in [2.05, 4.69) is 15.2 Å². The molecule has 1 aromatic carbocycles. The lowest BCUT2D eigenvalue weighted by atomic mass is 10.1. The Morgan fingerprint density at radius 2 is 2.15 bits per heavy atom. The smallest absolute Gasteiger partial charge is 0.416 e. The number of carbonyl (C=O) groups excluding carboxylic acids is 1. The average Bonchev–Trinajstić information content (AvgIpc) is 2.88. The molecule has 26 heavy (non-hydrogen) atoms. The van der Waals surface area contributed by atoms with Gasteiger partial charge in [0.15, 0.2) is 0 Å². The molecule has 1 fully saturated rings. The number of hydrogen-bond donors (Lipinski definition) is 1. The lowest BCUT2D eigenvalue weighted by Crippen LogP contribution is -2.37. The number of benzene rings is 1. The second-order valence-corrected chi connectivity index (χ2v) is 6.47. The monoisotopic (exact) mass is 367 g/mol. The minimum Gasteiger partial charge on any atom is -0.441 e. The van der Waals surface area contributed by atoms with Gasteiger partial charge in [-0.2, -0.15) is 13.2 Å². The number of alkyl halides is 3. The minimum absolute atomic E-state index is 0.0147. The topological polar surface area (TPSA) is 58.4 Å². The number of nitrogens with zero attached hydrogens (tertiary/aromatic N) is 2. The fraction of sp³-hybridized carbons (Fsp3) is 0.444. The SMILES string of the molecule is Cc1oc(-c2cccc(C(F)(F)F)c2)nc1CN1CCC(=O)NC[C@H]1C. The first-order valence-electron chi connectivity index (χ1n) is 8.38. The third-order valence-corrected chi connectivity index (χ3v) is 4.53. The van der Waals surface area contributed by atoms with Crippen LogP contribution in [0.3, 0.4) is 0 Å². The Labute approximate surface area is 149 Å². The van der Waals surface area contributed by atoms with E-state index >= 15 is 0 Å². The van der Waals surface area contributed by atoms with Gasteiger partial charge < -0.3 is 9.73 Å². The van der Waals surface area contributed by atoms with E-state index in [1.54, 1.807) is 13.0 Å².